The Bertz CT molecular complexity index is 1980. The van der Waals surface area contributed by atoms with Gasteiger partial charge >= 0.3 is 351 Å². The summed E-state index contributed by atoms with van der Waals surface area (Å²) in [5.74, 6) is -0.281. The zero-order valence-electron chi connectivity index (χ0n) is 35.1. The molecule has 0 saturated heterocycles. The first-order chi connectivity index (χ1) is 27.0. The van der Waals surface area contributed by atoms with Crippen LogP contribution in [0.3, 0.4) is 0 Å². The third kappa shape index (κ3) is 7.33. The summed E-state index contributed by atoms with van der Waals surface area (Å²) in [7, 11) is 18.4. The Labute approximate surface area is 348 Å². The van der Waals surface area contributed by atoms with E-state index < -0.39 is 21.5 Å². The van der Waals surface area contributed by atoms with Crippen molar-refractivity contribution in [2.24, 2.45) is 11.8 Å². The quantitative estimate of drug-likeness (QED) is 0.132. The van der Waals surface area contributed by atoms with E-state index in [9.17, 15) is 17.0 Å². The van der Waals surface area contributed by atoms with E-state index >= 15 is 0 Å². The van der Waals surface area contributed by atoms with Crippen LogP contribution in [-0.4, -0.2) is 5.92 Å². The van der Waals surface area contributed by atoms with Gasteiger partial charge in [-0.2, -0.15) is 0 Å². The van der Waals surface area contributed by atoms with E-state index in [0.717, 1.165) is 25.7 Å². The van der Waals surface area contributed by atoms with E-state index in [1.54, 1.807) is 11.1 Å². The first kappa shape index (κ1) is 40.8. The Hall–Kier alpha value is -1.96. The summed E-state index contributed by atoms with van der Waals surface area (Å²) in [4.78, 5) is 0. The normalized spacial score (nSPS) is 21.1. The van der Waals surface area contributed by atoms with Gasteiger partial charge < -0.3 is 0 Å². The average molecular weight is 880 g/mol. The number of hydrogen-bond acceptors (Lipinski definition) is 0. The van der Waals surface area contributed by atoms with Crippen LogP contribution in [-0.2, 0) is 28.4 Å². The van der Waals surface area contributed by atoms with Crippen molar-refractivity contribution < 1.29 is 15.6 Å². The number of aryl methyl sites for hydroxylation is 4. The zero-order chi connectivity index (χ0) is 39.2. The Balaban J connectivity index is 1.36. The van der Waals surface area contributed by atoms with Crippen LogP contribution in [0.15, 0.2) is 83.9 Å². The summed E-state index contributed by atoms with van der Waals surface area (Å²) in [6.45, 7) is 14.3. The van der Waals surface area contributed by atoms with Gasteiger partial charge in [0.15, 0.2) is 0 Å². The molecule has 0 radical (unpaired) electrons. The minimum atomic E-state index is -5.05. The number of rotatable bonds is 11. The predicted octanol–water partition coefficient (Wildman–Crippen LogP) is 16.3. The molecular formula is C52H65Cl2SiZr. The van der Waals surface area contributed by atoms with Gasteiger partial charge in [0.25, 0.3) is 0 Å². The molecule has 2 fully saturated rings. The molecule has 8 rings (SSSR count). The second-order valence-electron chi connectivity index (χ2n) is 18.7. The van der Waals surface area contributed by atoms with E-state index in [4.69, 9.17) is 0 Å². The first-order valence-corrected chi connectivity index (χ1v) is 38.8. The Kier molecular flexibility index (Phi) is 12.1. The summed E-state index contributed by atoms with van der Waals surface area (Å²) in [5, 5.41) is 0. The van der Waals surface area contributed by atoms with Crippen LogP contribution in [0.2, 0.25) is 13.1 Å². The summed E-state index contributed by atoms with van der Waals surface area (Å²) in [6.07, 6.45) is 23.2. The molecule has 4 heteroatoms. The molecule has 2 unspecified atom stereocenters. The van der Waals surface area contributed by atoms with Crippen molar-refractivity contribution in [3.8, 4) is 22.3 Å². The van der Waals surface area contributed by atoms with Crippen LogP contribution in [0.5, 0.6) is 0 Å². The van der Waals surface area contributed by atoms with Gasteiger partial charge in [0.2, 0.25) is 0 Å². The van der Waals surface area contributed by atoms with Crippen molar-refractivity contribution in [2.45, 2.75) is 138 Å². The van der Waals surface area contributed by atoms with Crippen molar-refractivity contribution in [3.63, 3.8) is 0 Å². The van der Waals surface area contributed by atoms with Gasteiger partial charge in [-0.05, 0) is 0 Å². The van der Waals surface area contributed by atoms with Crippen LogP contribution in [0.25, 0.3) is 34.4 Å². The molecule has 56 heavy (non-hydrogen) atoms. The van der Waals surface area contributed by atoms with Gasteiger partial charge in [-0.15, -0.1) is 0 Å². The van der Waals surface area contributed by atoms with Gasteiger partial charge in [0.1, 0.15) is 0 Å². The van der Waals surface area contributed by atoms with E-state index in [1.165, 1.54) is 131 Å². The fourth-order valence-corrected chi connectivity index (χ4v) is 43.2. The summed E-state index contributed by atoms with van der Waals surface area (Å²) in [6, 6.07) is 28.3. The second-order valence-corrected chi connectivity index (χ2v) is 61.2. The van der Waals surface area contributed by atoms with Crippen molar-refractivity contribution in [1.82, 2.24) is 0 Å². The molecule has 4 aliphatic rings. The van der Waals surface area contributed by atoms with Crippen LogP contribution >= 0.6 is 17.0 Å². The minimum absolute atomic E-state index is 0.135. The zero-order valence-corrected chi connectivity index (χ0v) is 40.2. The number of allylic oxidation sites excluding steroid dienone is 2. The van der Waals surface area contributed by atoms with Gasteiger partial charge in [-0.1, -0.05) is 0 Å². The van der Waals surface area contributed by atoms with Crippen molar-refractivity contribution in [1.29, 1.82) is 0 Å². The van der Waals surface area contributed by atoms with Crippen molar-refractivity contribution in [2.75, 3.05) is 0 Å². The molecule has 4 aliphatic carbocycles. The molecule has 0 heterocycles. The van der Waals surface area contributed by atoms with Crippen molar-refractivity contribution >= 4 is 35.1 Å². The Morgan fingerprint density at radius 2 is 0.911 bits per heavy atom. The Morgan fingerprint density at radius 3 is 1.25 bits per heavy atom. The average Bonchev–Trinajstić information content (AvgIpc) is 3.80. The maximum absolute atomic E-state index is 9.20. The van der Waals surface area contributed by atoms with E-state index in [0.29, 0.717) is 11.8 Å². The molecule has 2 saturated carbocycles. The molecule has 0 nitrogen and oxygen atoms in total. The SMILES string of the molecule is CCc1ccc(-c2ccc(C)c3c2C=C(CC2CCCCC2)[CH]3[Zr]([Cl])([Cl])([CH]2C(CC3CCCCC3)=Cc3c(-c4ccc(CC)cc4)ccc(C)c32)[SiH](C)C)cc1. The summed E-state index contributed by atoms with van der Waals surface area (Å²) in [5.41, 5.74) is 19.8. The molecule has 0 amide bonds. The molecule has 0 N–H and O–H groups in total. The van der Waals surface area contributed by atoms with Gasteiger partial charge in [0, 0.05) is 0 Å². The molecule has 295 valence electrons. The predicted molar refractivity (Wildman–Crippen MR) is 246 cm³/mol. The molecule has 0 aliphatic heterocycles. The fraction of sp³-hybridized carbons (Fsp3) is 0.462. The fourth-order valence-electron chi connectivity index (χ4n) is 11.7. The molecule has 0 aromatic heterocycles. The summed E-state index contributed by atoms with van der Waals surface area (Å²) >= 11 is -5.05. The number of hydrogen-bond donors (Lipinski definition) is 0. The third-order valence-electron chi connectivity index (χ3n) is 15.0. The number of halogens is 2. The first-order valence-electron chi connectivity index (χ1n) is 22.5. The van der Waals surface area contributed by atoms with Crippen LogP contribution < -0.4 is 0 Å². The third-order valence-corrected chi connectivity index (χ3v) is 66.8. The number of benzene rings is 4. The molecule has 0 bridgehead atoms. The van der Waals surface area contributed by atoms with E-state index in [-0.39, 0.29) is 7.25 Å². The molecular weight excluding hydrogens is 815 g/mol. The van der Waals surface area contributed by atoms with Crippen LogP contribution in [0.4, 0.5) is 0 Å². The Morgan fingerprint density at radius 1 is 0.536 bits per heavy atom. The maximum atomic E-state index is 9.20. The molecule has 2 atom stereocenters. The van der Waals surface area contributed by atoms with Crippen LogP contribution in [0, 0.1) is 25.7 Å². The van der Waals surface area contributed by atoms with Crippen molar-refractivity contribution in [3.05, 3.63) is 128 Å². The standard InChI is InChI=1S/2C25H29.C2H7Si.2ClH.Zr/c2*1-3-19-10-12-22(13-11-19)23-14-9-18(2)24-16-21(17-25(23)24)15-20-7-5-4-6-8-20;1-3-2;;;/h2*9-14,16-17,20H,3-8,15H2,1-2H3;3H,1-2H3;2*1H;/q;;;;;+2/p-2. The molecule has 4 aromatic rings. The van der Waals surface area contributed by atoms with Gasteiger partial charge in [-0.25, -0.2) is 0 Å². The molecule has 0 spiro atoms. The van der Waals surface area contributed by atoms with Gasteiger partial charge in [-0.3, -0.25) is 0 Å². The molecule has 4 aromatic carbocycles. The van der Waals surface area contributed by atoms with E-state index in [2.05, 4.69) is 126 Å². The van der Waals surface area contributed by atoms with E-state index in [1.807, 2.05) is 0 Å². The van der Waals surface area contributed by atoms with Crippen LogP contribution in [0.1, 0.15) is 143 Å². The second kappa shape index (κ2) is 16.6. The van der Waals surface area contributed by atoms with Gasteiger partial charge in [0.05, 0.1) is 0 Å². The topological polar surface area (TPSA) is 0 Å². The number of fused-ring (bicyclic) bond motifs is 2. The summed E-state index contributed by atoms with van der Waals surface area (Å²) < 4.78 is 0.270. The monoisotopic (exact) mass is 877 g/mol.